The Kier molecular flexibility index (Phi) is 2.55. The third-order valence-corrected chi connectivity index (χ3v) is 2.08. The Morgan fingerprint density at radius 1 is 1.42 bits per heavy atom. The summed E-state index contributed by atoms with van der Waals surface area (Å²) in [6, 6.07) is 2.50. The molecule has 2 N–H and O–H groups in total. The molecule has 64 valence electrons. The van der Waals surface area contributed by atoms with E-state index in [0.29, 0.717) is 0 Å². The molecule has 5 heteroatoms. The first-order valence-corrected chi connectivity index (χ1v) is 3.73. The monoisotopic (exact) mass is 207 g/mol. The van der Waals surface area contributed by atoms with Crippen LogP contribution in [0.15, 0.2) is 12.1 Å². The van der Waals surface area contributed by atoms with Gasteiger partial charge >= 0.3 is 0 Å². The van der Waals surface area contributed by atoms with Crippen molar-refractivity contribution >= 4 is 29.1 Å². The molecule has 0 aromatic heterocycles. The normalized spacial score (nSPS) is 9.92. The third kappa shape index (κ3) is 1.52. The summed E-state index contributed by atoms with van der Waals surface area (Å²) in [5, 5.41) is -0.230. The van der Waals surface area contributed by atoms with Crippen LogP contribution in [0.2, 0.25) is 10.0 Å². The number of halogens is 3. The minimum atomic E-state index is -0.878. The van der Waals surface area contributed by atoms with Gasteiger partial charge in [0.2, 0.25) is 0 Å². The van der Waals surface area contributed by atoms with Crippen LogP contribution >= 0.6 is 23.2 Å². The Morgan fingerprint density at radius 2 is 2.00 bits per heavy atom. The van der Waals surface area contributed by atoms with E-state index in [4.69, 9.17) is 28.9 Å². The average molecular weight is 208 g/mol. The Morgan fingerprint density at radius 3 is 2.50 bits per heavy atom. The molecule has 12 heavy (non-hydrogen) atoms. The Hall–Kier alpha value is -0.800. The summed E-state index contributed by atoms with van der Waals surface area (Å²) in [5.74, 6) is -1.75. The molecule has 0 atom stereocenters. The average Bonchev–Trinajstić information content (AvgIpc) is 2.00. The number of benzene rings is 1. The highest BCUT2D eigenvalue weighted by atomic mass is 35.5. The highest BCUT2D eigenvalue weighted by molar-refractivity contribution is 6.42. The van der Waals surface area contributed by atoms with E-state index in [2.05, 4.69) is 0 Å². The number of carbonyl (C=O) groups excluding carboxylic acids is 1. The van der Waals surface area contributed by atoms with Crippen molar-refractivity contribution in [2.75, 3.05) is 0 Å². The molecular formula is C7H4Cl2FNO. The number of nitrogens with two attached hydrogens (primary N) is 1. The van der Waals surface area contributed by atoms with Crippen molar-refractivity contribution in [1.29, 1.82) is 0 Å². The van der Waals surface area contributed by atoms with Gasteiger partial charge in [-0.15, -0.1) is 0 Å². The van der Waals surface area contributed by atoms with E-state index in [1.807, 2.05) is 0 Å². The minimum absolute atomic E-state index is 0.0548. The molecule has 0 bridgehead atoms. The van der Waals surface area contributed by atoms with Crippen LogP contribution in [-0.4, -0.2) is 5.91 Å². The molecule has 0 fully saturated rings. The number of hydrogen-bond acceptors (Lipinski definition) is 1. The molecule has 1 amide bonds. The van der Waals surface area contributed by atoms with E-state index in [1.165, 1.54) is 12.1 Å². The second-order valence-corrected chi connectivity index (χ2v) is 2.87. The van der Waals surface area contributed by atoms with E-state index in [1.54, 1.807) is 0 Å². The zero-order chi connectivity index (χ0) is 9.30. The fourth-order valence-electron chi connectivity index (χ4n) is 0.716. The van der Waals surface area contributed by atoms with Gasteiger partial charge in [0.15, 0.2) is 5.82 Å². The number of hydrogen-bond donors (Lipinski definition) is 1. The van der Waals surface area contributed by atoms with Gasteiger partial charge in [-0.25, -0.2) is 4.39 Å². The van der Waals surface area contributed by atoms with Crippen LogP contribution in [0.3, 0.4) is 0 Å². The van der Waals surface area contributed by atoms with E-state index in [9.17, 15) is 9.18 Å². The maximum atomic E-state index is 13.0. The molecule has 0 radical (unpaired) electrons. The highest BCUT2D eigenvalue weighted by Gasteiger charge is 2.13. The summed E-state index contributed by atoms with van der Waals surface area (Å²) in [4.78, 5) is 10.6. The van der Waals surface area contributed by atoms with Crippen LogP contribution in [0.1, 0.15) is 10.4 Å². The van der Waals surface area contributed by atoms with Crippen molar-refractivity contribution in [2.24, 2.45) is 5.73 Å². The standard InChI is InChI=1S/C7H4Cl2FNO/c8-4-2-1-3(7(11)12)6(10)5(4)9/h1-2H,(H2,11,12). The first-order chi connectivity index (χ1) is 5.54. The molecule has 0 aliphatic heterocycles. The van der Waals surface area contributed by atoms with Crippen LogP contribution in [-0.2, 0) is 0 Å². The van der Waals surface area contributed by atoms with Crippen LogP contribution in [0.5, 0.6) is 0 Å². The molecule has 0 spiro atoms. The smallest absolute Gasteiger partial charge is 0.251 e. The Labute approximate surface area is 78.1 Å². The lowest BCUT2D eigenvalue weighted by molar-refractivity contribution is 0.0996. The van der Waals surface area contributed by atoms with E-state index in [-0.39, 0.29) is 15.6 Å². The maximum Gasteiger partial charge on any atom is 0.251 e. The highest BCUT2D eigenvalue weighted by Crippen LogP contribution is 2.26. The molecule has 0 saturated carbocycles. The number of primary amides is 1. The van der Waals surface area contributed by atoms with E-state index in [0.717, 1.165) is 0 Å². The van der Waals surface area contributed by atoms with Gasteiger partial charge in [-0.3, -0.25) is 4.79 Å². The molecule has 0 aliphatic rings. The van der Waals surface area contributed by atoms with Gasteiger partial charge in [-0.05, 0) is 12.1 Å². The lowest BCUT2D eigenvalue weighted by atomic mass is 10.2. The lowest BCUT2D eigenvalue weighted by Crippen LogP contribution is -2.13. The second kappa shape index (κ2) is 3.29. The molecule has 2 nitrogen and oxygen atoms in total. The number of rotatable bonds is 1. The van der Waals surface area contributed by atoms with Gasteiger partial charge in [0.05, 0.1) is 15.6 Å². The van der Waals surface area contributed by atoms with Crippen molar-refractivity contribution in [3.8, 4) is 0 Å². The Bertz CT molecular complexity index is 340. The summed E-state index contributed by atoms with van der Waals surface area (Å²) < 4.78 is 13.0. The summed E-state index contributed by atoms with van der Waals surface area (Å²) in [6.45, 7) is 0. The van der Waals surface area contributed by atoms with Crippen LogP contribution < -0.4 is 5.73 Å². The largest absolute Gasteiger partial charge is 0.366 e. The molecular weight excluding hydrogens is 204 g/mol. The molecule has 0 heterocycles. The van der Waals surface area contributed by atoms with Gasteiger partial charge in [-0.2, -0.15) is 0 Å². The second-order valence-electron chi connectivity index (χ2n) is 2.09. The van der Waals surface area contributed by atoms with Crippen molar-refractivity contribution in [1.82, 2.24) is 0 Å². The van der Waals surface area contributed by atoms with Gasteiger partial charge < -0.3 is 5.73 Å². The summed E-state index contributed by atoms with van der Waals surface area (Å²) in [5.41, 5.74) is 4.59. The van der Waals surface area contributed by atoms with Crippen molar-refractivity contribution in [3.63, 3.8) is 0 Å². The zero-order valence-corrected chi connectivity index (χ0v) is 7.29. The van der Waals surface area contributed by atoms with Crippen LogP contribution in [0, 0.1) is 5.82 Å². The quantitative estimate of drug-likeness (QED) is 0.706. The number of amides is 1. The fraction of sp³-hybridized carbons (Fsp3) is 0. The molecule has 1 aromatic rings. The first-order valence-electron chi connectivity index (χ1n) is 2.97. The van der Waals surface area contributed by atoms with E-state index >= 15 is 0 Å². The molecule has 0 aliphatic carbocycles. The van der Waals surface area contributed by atoms with Gasteiger partial charge in [0, 0.05) is 0 Å². The third-order valence-electron chi connectivity index (χ3n) is 1.30. The molecule has 0 unspecified atom stereocenters. The zero-order valence-electron chi connectivity index (χ0n) is 5.77. The predicted octanol–water partition coefficient (Wildman–Crippen LogP) is 2.23. The van der Waals surface area contributed by atoms with E-state index < -0.39 is 11.7 Å². The van der Waals surface area contributed by atoms with Crippen LogP contribution in [0.4, 0.5) is 4.39 Å². The predicted molar refractivity (Wildman–Crippen MR) is 44.9 cm³/mol. The van der Waals surface area contributed by atoms with Crippen molar-refractivity contribution in [2.45, 2.75) is 0 Å². The molecule has 0 saturated heterocycles. The van der Waals surface area contributed by atoms with Crippen molar-refractivity contribution < 1.29 is 9.18 Å². The van der Waals surface area contributed by atoms with Gasteiger partial charge in [-0.1, -0.05) is 23.2 Å². The van der Waals surface area contributed by atoms with Crippen LogP contribution in [0.25, 0.3) is 0 Å². The van der Waals surface area contributed by atoms with Crippen molar-refractivity contribution in [3.05, 3.63) is 33.6 Å². The topological polar surface area (TPSA) is 43.1 Å². The maximum absolute atomic E-state index is 13.0. The van der Waals surface area contributed by atoms with Gasteiger partial charge in [0.25, 0.3) is 5.91 Å². The summed E-state index contributed by atoms with van der Waals surface area (Å²) in [6.07, 6.45) is 0. The SMILES string of the molecule is NC(=O)c1ccc(Cl)c(Cl)c1F. The fourth-order valence-corrected chi connectivity index (χ4v) is 1.03. The lowest BCUT2D eigenvalue weighted by Gasteiger charge is -2.00. The Balaban J connectivity index is 3.36. The van der Waals surface area contributed by atoms with Gasteiger partial charge in [0.1, 0.15) is 0 Å². The summed E-state index contributed by atoms with van der Waals surface area (Å²) in [7, 11) is 0. The number of carbonyl (C=O) groups is 1. The summed E-state index contributed by atoms with van der Waals surface area (Å²) >= 11 is 10.9. The molecule has 1 aromatic carbocycles. The first kappa shape index (κ1) is 9.29. The molecule has 1 rings (SSSR count). The minimum Gasteiger partial charge on any atom is -0.366 e.